The maximum Gasteiger partial charge on any atom is 0.417 e. The first kappa shape index (κ1) is 25.0. The monoisotopic (exact) mass is 493 g/mol. The van der Waals surface area contributed by atoms with Crippen LogP contribution in [0.25, 0.3) is 5.82 Å². The van der Waals surface area contributed by atoms with E-state index in [1.54, 1.807) is 12.1 Å². The van der Waals surface area contributed by atoms with Crippen LogP contribution in [0.1, 0.15) is 59.9 Å². The van der Waals surface area contributed by atoms with Crippen LogP contribution in [0.2, 0.25) is 0 Å². The molecule has 0 fully saturated rings. The molecule has 186 valence electrons. The van der Waals surface area contributed by atoms with Gasteiger partial charge in [0, 0.05) is 23.6 Å². The number of amides is 1. The van der Waals surface area contributed by atoms with Crippen LogP contribution < -0.4 is 10.6 Å². The highest BCUT2D eigenvalue weighted by Crippen LogP contribution is 2.30. The van der Waals surface area contributed by atoms with Crippen molar-refractivity contribution in [2.75, 3.05) is 10.6 Å². The van der Waals surface area contributed by atoms with Gasteiger partial charge in [0.25, 0.3) is 5.91 Å². The van der Waals surface area contributed by atoms with Crippen molar-refractivity contribution in [3.05, 3.63) is 102 Å². The molecule has 1 amide bonds. The number of halogens is 3. The van der Waals surface area contributed by atoms with E-state index in [0.29, 0.717) is 16.9 Å². The van der Waals surface area contributed by atoms with E-state index in [4.69, 9.17) is 0 Å². The predicted octanol–water partition coefficient (Wildman–Crippen LogP) is 6.83. The van der Waals surface area contributed by atoms with Gasteiger partial charge in [-0.25, -0.2) is 9.67 Å². The molecular weight excluding hydrogens is 467 g/mol. The number of carbonyl (C=O) groups excluding carboxylic acids is 1. The molecule has 0 saturated heterocycles. The van der Waals surface area contributed by atoms with Gasteiger partial charge in [0.05, 0.1) is 23.0 Å². The molecule has 2 aromatic carbocycles. The Morgan fingerprint density at radius 3 is 2.14 bits per heavy atom. The summed E-state index contributed by atoms with van der Waals surface area (Å²) < 4.78 is 40.1. The molecule has 36 heavy (non-hydrogen) atoms. The fourth-order valence-electron chi connectivity index (χ4n) is 3.87. The van der Waals surface area contributed by atoms with Crippen LogP contribution in [-0.4, -0.2) is 20.7 Å². The largest absolute Gasteiger partial charge is 0.417 e. The van der Waals surface area contributed by atoms with Gasteiger partial charge in [0.2, 0.25) is 0 Å². The minimum Gasteiger partial charge on any atom is -0.379 e. The summed E-state index contributed by atoms with van der Waals surface area (Å²) in [6.07, 6.45) is -2.32. The Kier molecular flexibility index (Phi) is 7.10. The summed E-state index contributed by atoms with van der Waals surface area (Å²) >= 11 is 0. The van der Waals surface area contributed by atoms with Crippen LogP contribution in [0.3, 0.4) is 0 Å². The number of rotatable bonds is 7. The van der Waals surface area contributed by atoms with E-state index in [1.165, 1.54) is 16.9 Å². The van der Waals surface area contributed by atoms with Crippen LogP contribution >= 0.6 is 0 Å². The summed E-state index contributed by atoms with van der Waals surface area (Å²) in [7, 11) is 0. The molecule has 4 aromatic rings. The van der Waals surface area contributed by atoms with E-state index >= 15 is 0 Å². The molecule has 2 heterocycles. The van der Waals surface area contributed by atoms with Gasteiger partial charge in [-0.05, 0) is 54.8 Å². The number of carbonyl (C=O) groups is 1. The number of aromatic nitrogens is 3. The molecule has 4 rings (SSSR count). The Hall–Kier alpha value is -4.14. The molecule has 0 bridgehead atoms. The van der Waals surface area contributed by atoms with E-state index in [2.05, 4.69) is 39.8 Å². The maximum atomic E-state index is 13.1. The number of anilines is 2. The number of nitrogens with zero attached hydrogens (tertiary/aromatic N) is 3. The molecule has 2 aromatic heterocycles. The van der Waals surface area contributed by atoms with E-state index in [-0.39, 0.29) is 23.7 Å². The van der Waals surface area contributed by atoms with Gasteiger partial charge < -0.3 is 10.6 Å². The third kappa shape index (κ3) is 5.56. The Labute approximate surface area is 207 Å². The Morgan fingerprint density at radius 2 is 1.56 bits per heavy atom. The second kappa shape index (κ2) is 10.2. The molecule has 0 spiro atoms. The standard InChI is InChI=1S/C27H26F3N5O/c1-17(2)25-23(16-32-35(25)24-14-9-20(15-31-24)27(28,29)30)26(36)34-22-12-10-21(11-13-22)33-18(3)19-7-5-4-6-8-19/h4-18,33H,1-3H3,(H,34,36). The SMILES string of the molecule is CC(C)c1c(C(=O)Nc2ccc(NC(C)c3ccccc3)cc2)cnn1-c1ccc(C(F)(F)F)cn1. The van der Waals surface area contributed by atoms with Gasteiger partial charge in [0.1, 0.15) is 0 Å². The molecule has 1 unspecified atom stereocenters. The lowest BCUT2D eigenvalue weighted by Gasteiger charge is -2.16. The molecule has 0 saturated carbocycles. The van der Waals surface area contributed by atoms with Crippen molar-refractivity contribution < 1.29 is 18.0 Å². The van der Waals surface area contributed by atoms with E-state index in [9.17, 15) is 18.0 Å². The molecule has 6 nitrogen and oxygen atoms in total. The number of pyridine rings is 1. The van der Waals surface area contributed by atoms with Crippen molar-refractivity contribution in [1.82, 2.24) is 14.8 Å². The molecule has 1 atom stereocenters. The molecule has 9 heteroatoms. The zero-order chi connectivity index (χ0) is 25.9. The van der Waals surface area contributed by atoms with Gasteiger partial charge in [-0.15, -0.1) is 0 Å². The lowest BCUT2D eigenvalue weighted by Crippen LogP contribution is -2.16. The van der Waals surface area contributed by atoms with Crippen molar-refractivity contribution in [1.29, 1.82) is 0 Å². The summed E-state index contributed by atoms with van der Waals surface area (Å²) in [5.41, 5.74) is 2.71. The number of benzene rings is 2. The van der Waals surface area contributed by atoms with E-state index < -0.39 is 11.7 Å². The zero-order valence-electron chi connectivity index (χ0n) is 20.0. The first-order valence-electron chi connectivity index (χ1n) is 11.5. The predicted molar refractivity (Wildman–Crippen MR) is 133 cm³/mol. The van der Waals surface area contributed by atoms with Crippen molar-refractivity contribution in [3.8, 4) is 5.82 Å². The third-order valence-corrected chi connectivity index (χ3v) is 5.72. The first-order chi connectivity index (χ1) is 17.1. The Morgan fingerprint density at radius 1 is 0.889 bits per heavy atom. The third-order valence-electron chi connectivity index (χ3n) is 5.72. The average molecular weight is 494 g/mol. The normalized spacial score (nSPS) is 12.4. The molecule has 0 aliphatic rings. The van der Waals surface area contributed by atoms with Gasteiger partial charge in [-0.1, -0.05) is 44.2 Å². The molecule has 0 aliphatic heterocycles. The van der Waals surface area contributed by atoms with Crippen LogP contribution in [0, 0.1) is 0 Å². The van der Waals surface area contributed by atoms with Crippen LogP contribution in [0.15, 0.2) is 79.1 Å². The topological polar surface area (TPSA) is 71.8 Å². The van der Waals surface area contributed by atoms with Crippen molar-refractivity contribution in [2.24, 2.45) is 0 Å². The van der Waals surface area contributed by atoms with Gasteiger partial charge in [-0.2, -0.15) is 18.3 Å². The first-order valence-corrected chi connectivity index (χ1v) is 11.5. The number of hydrogen-bond donors (Lipinski definition) is 2. The van der Waals surface area contributed by atoms with Gasteiger partial charge in [0.15, 0.2) is 5.82 Å². The summed E-state index contributed by atoms with van der Waals surface area (Å²) in [5.74, 6) is -0.299. The molecule has 0 radical (unpaired) electrons. The highest BCUT2D eigenvalue weighted by Gasteiger charge is 2.31. The van der Waals surface area contributed by atoms with E-state index in [1.807, 2.05) is 44.2 Å². The number of nitrogens with one attached hydrogen (secondary N) is 2. The molecular formula is C27H26F3N5O. The van der Waals surface area contributed by atoms with Crippen LogP contribution in [0.5, 0.6) is 0 Å². The molecule has 0 aliphatic carbocycles. The lowest BCUT2D eigenvalue weighted by molar-refractivity contribution is -0.137. The molecule has 2 N–H and O–H groups in total. The Bertz CT molecular complexity index is 1310. The maximum absolute atomic E-state index is 13.1. The van der Waals surface area contributed by atoms with Crippen molar-refractivity contribution in [2.45, 2.75) is 38.9 Å². The van der Waals surface area contributed by atoms with Crippen LogP contribution in [-0.2, 0) is 6.18 Å². The van der Waals surface area contributed by atoms with E-state index in [0.717, 1.165) is 23.5 Å². The second-order valence-electron chi connectivity index (χ2n) is 8.72. The summed E-state index contributed by atoms with van der Waals surface area (Å²) in [5, 5.41) is 10.5. The number of hydrogen-bond acceptors (Lipinski definition) is 4. The van der Waals surface area contributed by atoms with Gasteiger partial charge in [-0.3, -0.25) is 4.79 Å². The smallest absolute Gasteiger partial charge is 0.379 e. The zero-order valence-corrected chi connectivity index (χ0v) is 20.0. The quantitative estimate of drug-likeness (QED) is 0.296. The minimum atomic E-state index is -4.48. The second-order valence-corrected chi connectivity index (χ2v) is 8.72. The number of alkyl halides is 3. The van der Waals surface area contributed by atoms with Crippen molar-refractivity contribution >= 4 is 17.3 Å². The minimum absolute atomic E-state index is 0.116. The Balaban J connectivity index is 1.49. The fraction of sp³-hybridized carbons (Fsp3) is 0.222. The average Bonchev–Trinajstić information content (AvgIpc) is 3.31. The summed E-state index contributed by atoms with van der Waals surface area (Å²) in [4.78, 5) is 17.0. The summed E-state index contributed by atoms with van der Waals surface area (Å²) in [6, 6.07) is 19.7. The van der Waals surface area contributed by atoms with Crippen LogP contribution in [0.4, 0.5) is 24.5 Å². The summed E-state index contributed by atoms with van der Waals surface area (Å²) in [6.45, 7) is 5.83. The highest BCUT2D eigenvalue weighted by molar-refractivity contribution is 6.05. The van der Waals surface area contributed by atoms with Crippen molar-refractivity contribution in [3.63, 3.8) is 0 Å². The fourth-order valence-corrected chi connectivity index (χ4v) is 3.87. The van der Waals surface area contributed by atoms with Gasteiger partial charge >= 0.3 is 6.18 Å². The highest BCUT2D eigenvalue weighted by atomic mass is 19.4. The lowest BCUT2D eigenvalue weighted by atomic mass is 10.1.